The van der Waals surface area contributed by atoms with Crippen LogP contribution in [0.3, 0.4) is 0 Å². The van der Waals surface area contributed by atoms with Crippen molar-refractivity contribution in [2.75, 3.05) is 19.7 Å². The summed E-state index contributed by atoms with van der Waals surface area (Å²) < 4.78 is 19.5. The number of hydrogen-bond donors (Lipinski definition) is 1. The molecule has 18 heavy (non-hydrogen) atoms. The molecule has 1 heterocycles. The highest BCUT2D eigenvalue weighted by molar-refractivity contribution is 5.24. The van der Waals surface area contributed by atoms with Crippen LogP contribution in [0.25, 0.3) is 0 Å². The monoisotopic (exact) mass is 252 g/mol. The zero-order valence-corrected chi connectivity index (χ0v) is 10.9. The summed E-state index contributed by atoms with van der Waals surface area (Å²) in [6.45, 7) is 5.70. The first-order chi connectivity index (χ1) is 8.69. The van der Waals surface area contributed by atoms with E-state index in [-0.39, 0.29) is 11.9 Å². The van der Waals surface area contributed by atoms with E-state index in [9.17, 15) is 4.39 Å². The van der Waals surface area contributed by atoms with Gasteiger partial charge in [-0.3, -0.25) is 4.90 Å². The molecule has 2 N–H and O–H groups in total. The summed E-state index contributed by atoms with van der Waals surface area (Å²) in [4.78, 5) is 2.25. The largest absolute Gasteiger partial charge is 0.377 e. The molecule has 0 radical (unpaired) electrons. The van der Waals surface area contributed by atoms with Gasteiger partial charge in [-0.05, 0) is 25.0 Å². The molecule has 1 aromatic carbocycles. The average Bonchev–Trinajstić information content (AvgIpc) is 2.56. The number of nitrogens with zero attached hydrogens (tertiary/aromatic N) is 1. The normalized spacial score (nSPS) is 21.8. The topological polar surface area (TPSA) is 38.5 Å². The molecule has 0 bridgehead atoms. The molecular formula is C14H21FN2O. The van der Waals surface area contributed by atoms with Gasteiger partial charge in [-0.15, -0.1) is 0 Å². The van der Waals surface area contributed by atoms with Gasteiger partial charge in [-0.2, -0.15) is 0 Å². The summed E-state index contributed by atoms with van der Waals surface area (Å²) in [7, 11) is 0. The van der Waals surface area contributed by atoms with Crippen LogP contribution in [-0.4, -0.2) is 30.7 Å². The summed E-state index contributed by atoms with van der Waals surface area (Å²) in [5.74, 6) is -0.157. The molecule has 1 fully saturated rings. The van der Waals surface area contributed by atoms with E-state index >= 15 is 0 Å². The zero-order chi connectivity index (χ0) is 13.0. The van der Waals surface area contributed by atoms with Crippen molar-refractivity contribution in [2.24, 2.45) is 5.73 Å². The Bertz CT molecular complexity index is 397. The van der Waals surface area contributed by atoms with Crippen LogP contribution in [0.2, 0.25) is 0 Å². The summed E-state index contributed by atoms with van der Waals surface area (Å²) in [6.07, 6.45) is 1.23. The average molecular weight is 252 g/mol. The molecule has 1 aromatic rings. The van der Waals surface area contributed by atoms with E-state index in [2.05, 4.69) is 11.8 Å². The highest BCUT2D eigenvalue weighted by atomic mass is 19.1. The van der Waals surface area contributed by atoms with E-state index in [1.807, 2.05) is 12.1 Å². The van der Waals surface area contributed by atoms with Gasteiger partial charge in [0, 0.05) is 38.3 Å². The predicted molar refractivity (Wildman–Crippen MR) is 69.6 cm³/mol. The molecule has 2 rings (SSSR count). The molecular weight excluding hydrogens is 231 g/mol. The van der Waals surface area contributed by atoms with Crippen LogP contribution in [0, 0.1) is 5.82 Å². The Kier molecular flexibility index (Phi) is 4.69. The second kappa shape index (κ2) is 6.27. The van der Waals surface area contributed by atoms with Crippen LogP contribution < -0.4 is 5.73 Å². The first-order valence-electron chi connectivity index (χ1n) is 6.50. The van der Waals surface area contributed by atoms with Crippen molar-refractivity contribution in [3.8, 4) is 0 Å². The molecule has 100 valence electrons. The van der Waals surface area contributed by atoms with E-state index in [1.54, 1.807) is 0 Å². The van der Waals surface area contributed by atoms with Crippen LogP contribution in [0.1, 0.15) is 24.5 Å². The van der Waals surface area contributed by atoms with Crippen molar-refractivity contribution in [3.63, 3.8) is 0 Å². The first kappa shape index (κ1) is 13.5. The lowest BCUT2D eigenvalue weighted by molar-refractivity contribution is 0.0666. The highest BCUT2D eigenvalue weighted by Crippen LogP contribution is 2.15. The van der Waals surface area contributed by atoms with Crippen molar-refractivity contribution in [3.05, 3.63) is 35.1 Å². The van der Waals surface area contributed by atoms with Crippen LogP contribution >= 0.6 is 0 Å². The van der Waals surface area contributed by atoms with Crippen molar-refractivity contribution in [1.82, 2.24) is 4.90 Å². The molecule has 3 nitrogen and oxygen atoms in total. The molecule has 4 heteroatoms. The third kappa shape index (κ3) is 3.51. The second-order valence-corrected chi connectivity index (χ2v) is 4.90. The molecule has 0 aromatic heterocycles. The van der Waals surface area contributed by atoms with Crippen LogP contribution in [-0.2, 0) is 17.8 Å². The van der Waals surface area contributed by atoms with Crippen molar-refractivity contribution in [2.45, 2.75) is 32.5 Å². The number of rotatable bonds is 3. The van der Waals surface area contributed by atoms with Crippen molar-refractivity contribution >= 4 is 0 Å². The van der Waals surface area contributed by atoms with Crippen LogP contribution in [0.15, 0.2) is 18.2 Å². The van der Waals surface area contributed by atoms with E-state index in [0.29, 0.717) is 13.1 Å². The summed E-state index contributed by atoms with van der Waals surface area (Å²) in [6, 6.07) is 5.27. The SMILES string of the molecule is CC1CN(Cc2ccc(CN)cc2F)CCCO1. The number of halogens is 1. The van der Waals surface area contributed by atoms with Gasteiger partial charge >= 0.3 is 0 Å². The van der Waals surface area contributed by atoms with Gasteiger partial charge in [-0.1, -0.05) is 12.1 Å². The molecule has 1 aliphatic rings. The van der Waals surface area contributed by atoms with Gasteiger partial charge < -0.3 is 10.5 Å². The molecule has 1 atom stereocenters. The number of hydrogen-bond acceptors (Lipinski definition) is 3. The molecule has 0 aliphatic carbocycles. The summed E-state index contributed by atoms with van der Waals surface area (Å²) >= 11 is 0. The molecule has 1 aliphatic heterocycles. The summed E-state index contributed by atoms with van der Waals surface area (Å²) in [5, 5.41) is 0. The minimum absolute atomic E-state index is 0.157. The molecule has 0 spiro atoms. The third-order valence-corrected chi connectivity index (χ3v) is 3.28. The van der Waals surface area contributed by atoms with Crippen LogP contribution in [0.5, 0.6) is 0 Å². The van der Waals surface area contributed by atoms with Gasteiger partial charge in [0.25, 0.3) is 0 Å². The van der Waals surface area contributed by atoms with Gasteiger partial charge in [-0.25, -0.2) is 4.39 Å². The lowest BCUT2D eigenvalue weighted by Gasteiger charge is -2.22. The Morgan fingerprint density at radius 3 is 3.06 bits per heavy atom. The Balaban J connectivity index is 2.03. The maximum absolute atomic E-state index is 13.9. The standard InChI is InChI=1S/C14H21FN2O/c1-11-9-17(5-2-6-18-11)10-13-4-3-12(8-16)7-14(13)15/h3-4,7,11H,2,5-6,8-10,16H2,1H3. The fourth-order valence-corrected chi connectivity index (χ4v) is 2.31. The number of benzene rings is 1. The van der Waals surface area contributed by atoms with E-state index in [1.165, 1.54) is 6.07 Å². The Labute approximate surface area is 108 Å². The molecule has 1 saturated heterocycles. The minimum atomic E-state index is -0.157. The van der Waals surface area contributed by atoms with Crippen LogP contribution in [0.4, 0.5) is 4.39 Å². The smallest absolute Gasteiger partial charge is 0.128 e. The van der Waals surface area contributed by atoms with Gasteiger partial charge in [0.05, 0.1) is 6.10 Å². The summed E-state index contributed by atoms with van der Waals surface area (Å²) in [5.41, 5.74) is 7.07. The fourth-order valence-electron chi connectivity index (χ4n) is 2.31. The van der Waals surface area contributed by atoms with Gasteiger partial charge in [0.2, 0.25) is 0 Å². The quantitative estimate of drug-likeness (QED) is 0.893. The van der Waals surface area contributed by atoms with E-state index in [4.69, 9.17) is 10.5 Å². The Morgan fingerprint density at radius 2 is 2.33 bits per heavy atom. The number of ether oxygens (including phenoxy) is 1. The van der Waals surface area contributed by atoms with Crippen molar-refractivity contribution < 1.29 is 9.13 Å². The lowest BCUT2D eigenvalue weighted by atomic mass is 10.1. The number of nitrogens with two attached hydrogens (primary N) is 1. The molecule has 0 saturated carbocycles. The Hall–Kier alpha value is -0.970. The van der Waals surface area contributed by atoms with E-state index in [0.717, 1.165) is 37.2 Å². The maximum Gasteiger partial charge on any atom is 0.128 e. The minimum Gasteiger partial charge on any atom is -0.377 e. The second-order valence-electron chi connectivity index (χ2n) is 4.90. The first-order valence-corrected chi connectivity index (χ1v) is 6.50. The molecule has 0 amide bonds. The van der Waals surface area contributed by atoms with Gasteiger partial charge in [0.1, 0.15) is 5.82 Å². The lowest BCUT2D eigenvalue weighted by Crippen LogP contribution is -2.30. The maximum atomic E-state index is 13.9. The van der Waals surface area contributed by atoms with E-state index < -0.39 is 0 Å². The predicted octanol–water partition coefficient (Wildman–Crippen LogP) is 1.90. The Morgan fingerprint density at radius 1 is 1.50 bits per heavy atom. The van der Waals surface area contributed by atoms with Crippen molar-refractivity contribution in [1.29, 1.82) is 0 Å². The molecule has 1 unspecified atom stereocenters. The fraction of sp³-hybridized carbons (Fsp3) is 0.571. The van der Waals surface area contributed by atoms with Gasteiger partial charge in [0.15, 0.2) is 0 Å². The third-order valence-electron chi connectivity index (χ3n) is 3.28. The highest BCUT2D eigenvalue weighted by Gasteiger charge is 2.16. The zero-order valence-electron chi connectivity index (χ0n) is 10.9.